The first-order valence-corrected chi connectivity index (χ1v) is 8.50. The van der Waals surface area contributed by atoms with E-state index >= 15 is 0 Å². The fourth-order valence-corrected chi connectivity index (χ4v) is 4.17. The lowest BCUT2D eigenvalue weighted by Crippen LogP contribution is -2.49. The van der Waals surface area contributed by atoms with E-state index in [4.69, 9.17) is 4.74 Å². The van der Waals surface area contributed by atoms with Crippen molar-refractivity contribution in [3.63, 3.8) is 0 Å². The summed E-state index contributed by atoms with van der Waals surface area (Å²) in [5, 5.41) is 5.49. The summed E-state index contributed by atoms with van der Waals surface area (Å²) in [6.07, 6.45) is 3.85. The average molecular weight is 321 g/mol. The van der Waals surface area contributed by atoms with Gasteiger partial charge in [0.25, 0.3) is 0 Å². The summed E-state index contributed by atoms with van der Waals surface area (Å²) in [4.78, 5) is 22.2. The number of hydrogen-bond acceptors (Lipinski definition) is 6. The molecule has 2 aromatic heterocycles. The third-order valence-corrected chi connectivity index (χ3v) is 5.22. The third kappa shape index (κ3) is 2.36. The molecule has 1 amide bonds. The van der Waals surface area contributed by atoms with Crippen LogP contribution in [0.25, 0.3) is 4.96 Å². The maximum absolute atomic E-state index is 12.8. The molecule has 0 radical (unpaired) electrons. The molecule has 7 nitrogen and oxygen atoms in total. The normalized spacial score (nSPS) is 22.7. The second kappa shape index (κ2) is 5.51. The van der Waals surface area contributed by atoms with E-state index in [-0.39, 0.29) is 11.9 Å². The number of imidazole rings is 1. The minimum atomic E-state index is -0.0879. The first-order valence-electron chi connectivity index (χ1n) is 7.68. The molecule has 2 aliphatic rings. The van der Waals surface area contributed by atoms with Crippen LogP contribution in [-0.4, -0.2) is 64.3 Å². The Balaban J connectivity index is 1.56. The number of ether oxygens (including phenoxy) is 1. The summed E-state index contributed by atoms with van der Waals surface area (Å²) in [6, 6.07) is -0.0879. The van der Waals surface area contributed by atoms with E-state index in [1.54, 1.807) is 11.3 Å². The lowest BCUT2D eigenvalue weighted by atomic mass is 10.2. The Bertz CT molecular complexity index is 659. The minimum absolute atomic E-state index is 0.0879. The Labute approximate surface area is 132 Å². The van der Waals surface area contributed by atoms with Crippen LogP contribution in [0.4, 0.5) is 5.13 Å². The molecule has 2 saturated heterocycles. The predicted octanol–water partition coefficient (Wildman–Crippen LogP) is 0.927. The van der Waals surface area contributed by atoms with Crippen molar-refractivity contribution >= 4 is 27.3 Å². The third-order valence-electron chi connectivity index (χ3n) is 4.26. The highest BCUT2D eigenvalue weighted by molar-refractivity contribution is 7.20. The monoisotopic (exact) mass is 321 g/mol. The molecule has 22 heavy (non-hydrogen) atoms. The van der Waals surface area contributed by atoms with Crippen LogP contribution in [0.1, 0.15) is 18.5 Å². The van der Waals surface area contributed by atoms with Gasteiger partial charge < -0.3 is 14.5 Å². The van der Waals surface area contributed by atoms with Crippen molar-refractivity contribution in [1.29, 1.82) is 0 Å². The van der Waals surface area contributed by atoms with E-state index in [2.05, 4.69) is 15.0 Å². The zero-order valence-corrected chi connectivity index (χ0v) is 13.4. The largest absolute Gasteiger partial charge is 0.378 e. The topological polar surface area (TPSA) is 63.0 Å². The van der Waals surface area contributed by atoms with Gasteiger partial charge in [-0.15, -0.1) is 5.10 Å². The highest BCUT2D eigenvalue weighted by atomic mass is 32.1. The maximum Gasteiger partial charge on any atom is 0.245 e. The van der Waals surface area contributed by atoms with Crippen LogP contribution >= 0.6 is 11.3 Å². The van der Waals surface area contributed by atoms with Crippen LogP contribution in [-0.2, 0) is 9.53 Å². The molecule has 2 aromatic rings. The number of anilines is 1. The van der Waals surface area contributed by atoms with E-state index in [0.717, 1.165) is 35.2 Å². The zero-order chi connectivity index (χ0) is 15.1. The van der Waals surface area contributed by atoms with Crippen LogP contribution in [0, 0.1) is 6.92 Å². The molecule has 0 aromatic carbocycles. The van der Waals surface area contributed by atoms with Gasteiger partial charge in [0.1, 0.15) is 6.04 Å². The number of nitrogens with zero attached hydrogens (tertiary/aromatic N) is 5. The van der Waals surface area contributed by atoms with Crippen LogP contribution in [0.3, 0.4) is 0 Å². The zero-order valence-electron chi connectivity index (χ0n) is 12.6. The number of carbonyl (C=O) groups is 1. The summed E-state index contributed by atoms with van der Waals surface area (Å²) in [6.45, 7) is 5.52. The highest BCUT2D eigenvalue weighted by Gasteiger charge is 2.36. The number of amides is 1. The summed E-state index contributed by atoms with van der Waals surface area (Å²) in [5.74, 6) is 0.213. The van der Waals surface area contributed by atoms with Crippen LogP contribution < -0.4 is 4.90 Å². The van der Waals surface area contributed by atoms with Crippen molar-refractivity contribution in [1.82, 2.24) is 19.5 Å². The minimum Gasteiger partial charge on any atom is -0.378 e. The smallest absolute Gasteiger partial charge is 0.245 e. The molecule has 0 saturated carbocycles. The van der Waals surface area contributed by atoms with E-state index in [9.17, 15) is 4.79 Å². The van der Waals surface area contributed by atoms with Gasteiger partial charge in [0.05, 0.1) is 25.1 Å². The van der Waals surface area contributed by atoms with E-state index < -0.39 is 0 Å². The Morgan fingerprint density at radius 1 is 1.36 bits per heavy atom. The molecule has 1 atom stereocenters. The van der Waals surface area contributed by atoms with Gasteiger partial charge in [-0.05, 0) is 19.8 Å². The van der Waals surface area contributed by atoms with E-state index in [1.807, 2.05) is 22.5 Å². The molecule has 4 heterocycles. The standard InChI is InChI=1S/C14H19N5O2S/c1-10-9-19-13(15-10)22-14(16-19)18-4-2-3-11(18)12(20)17-5-7-21-8-6-17/h9,11H,2-8H2,1H3/t11-/m0/s1. The van der Waals surface area contributed by atoms with Crippen molar-refractivity contribution in [3.8, 4) is 0 Å². The van der Waals surface area contributed by atoms with Crippen molar-refractivity contribution in [2.75, 3.05) is 37.7 Å². The molecule has 0 unspecified atom stereocenters. The Morgan fingerprint density at radius 3 is 2.95 bits per heavy atom. The number of rotatable bonds is 2. The average Bonchev–Trinajstić information content (AvgIpc) is 3.20. The second-order valence-electron chi connectivity index (χ2n) is 5.78. The summed E-state index contributed by atoms with van der Waals surface area (Å²) < 4.78 is 7.14. The van der Waals surface area contributed by atoms with Gasteiger partial charge in [-0.25, -0.2) is 9.50 Å². The van der Waals surface area contributed by atoms with Crippen molar-refractivity contribution in [2.24, 2.45) is 0 Å². The molecule has 0 spiro atoms. The number of aromatic nitrogens is 3. The maximum atomic E-state index is 12.8. The van der Waals surface area contributed by atoms with E-state index in [1.165, 1.54) is 0 Å². The molecule has 8 heteroatoms. The molecule has 2 aliphatic heterocycles. The fourth-order valence-electron chi connectivity index (χ4n) is 3.16. The van der Waals surface area contributed by atoms with E-state index in [0.29, 0.717) is 26.3 Å². The van der Waals surface area contributed by atoms with Crippen molar-refractivity contribution in [3.05, 3.63) is 11.9 Å². The lowest BCUT2D eigenvalue weighted by Gasteiger charge is -2.32. The number of aryl methyl sites for hydroxylation is 1. The number of carbonyl (C=O) groups excluding carboxylic acids is 1. The fraction of sp³-hybridized carbons (Fsp3) is 0.643. The first kappa shape index (κ1) is 14.0. The van der Waals surface area contributed by atoms with Crippen molar-refractivity contribution < 1.29 is 9.53 Å². The van der Waals surface area contributed by atoms with Crippen LogP contribution in [0.15, 0.2) is 6.20 Å². The summed E-state index contributed by atoms with van der Waals surface area (Å²) >= 11 is 1.55. The Morgan fingerprint density at radius 2 is 2.18 bits per heavy atom. The first-order chi connectivity index (χ1) is 10.7. The number of fused-ring (bicyclic) bond motifs is 1. The highest BCUT2D eigenvalue weighted by Crippen LogP contribution is 2.30. The van der Waals surface area contributed by atoms with Gasteiger partial charge in [0.15, 0.2) is 0 Å². The second-order valence-corrected chi connectivity index (χ2v) is 6.72. The predicted molar refractivity (Wildman–Crippen MR) is 83.4 cm³/mol. The van der Waals surface area contributed by atoms with Gasteiger partial charge in [-0.3, -0.25) is 4.79 Å². The van der Waals surface area contributed by atoms with Crippen LogP contribution in [0.2, 0.25) is 0 Å². The lowest BCUT2D eigenvalue weighted by molar-refractivity contribution is -0.136. The summed E-state index contributed by atoms with van der Waals surface area (Å²) in [5.41, 5.74) is 0.965. The van der Waals surface area contributed by atoms with Gasteiger partial charge in [0.2, 0.25) is 16.0 Å². The van der Waals surface area contributed by atoms with Gasteiger partial charge in [0, 0.05) is 19.6 Å². The summed E-state index contributed by atoms with van der Waals surface area (Å²) in [7, 11) is 0. The molecule has 0 aliphatic carbocycles. The van der Waals surface area contributed by atoms with Gasteiger partial charge >= 0.3 is 0 Å². The van der Waals surface area contributed by atoms with Gasteiger partial charge in [-0.2, -0.15) is 0 Å². The Hall–Kier alpha value is -1.67. The quantitative estimate of drug-likeness (QED) is 0.823. The van der Waals surface area contributed by atoms with Crippen LogP contribution in [0.5, 0.6) is 0 Å². The number of hydrogen-bond donors (Lipinski definition) is 0. The van der Waals surface area contributed by atoms with Gasteiger partial charge in [-0.1, -0.05) is 11.3 Å². The molecule has 118 valence electrons. The van der Waals surface area contributed by atoms with Crippen molar-refractivity contribution in [2.45, 2.75) is 25.8 Å². The molecule has 2 fully saturated rings. The Kier molecular flexibility index (Phi) is 3.50. The molecular weight excluding hydrogens is 302 g/mol. The SMILES string of the molecule is Cc1cn2nc(N3CCC[C@H]3C(=O)N3CCOCC3)sc2n1. The molecule has 4 rings (SSSR count). The molecule has 0 bridgehead atoms. The number of morpholine rings is 1. The molecule has 0 N–H and O–H groups in total. The molecular formula is C14H19N5O2S.